The van der Waals surface area contributed by atoms with Crippen LogP contribution in [0.2, 0.25) is 0 Å². The van der Waals surface area contributed by atoms with Crippen molar-refractivity contribution in [2.75, 3.05) is 13.2 Å². The molecule has 3 rings (SSSR count). The third-order valence-corrected chi connectivity index (χ3v) is 4.64. The Morgan fingerprint density at radius 1 is 0.778 bits per heavy atom. The number of rotatable bonds is 9. The highest BCUT2D eigenvalue weighted by Crippen LogP contribution is 2.16. The summed E-state index contributed by atoms with van der Waals surface area (Å²) in [5.41, 5.74) is 3.63. The van der Waals surface area contributed by atoms with Gasteiger partial charge < -0.3 is 14.7 Å². The number of aliphatic hydroxyl groups excluding tert-OH is 1. The van der Waals surface area contributed by atoms with Crippen molar-refractivity contribution in [1.82, 2.24) is 0 Å². The molecule has 0 saturated heterocycles. The average molecular weight is 362 g/mol. The Kier molecular flexibility index (Phi) is 7.03. The summed E-state index contributed by atoms with van der Waals surface area (Å²) in [6.45, 7) is 4.70. The lowest BCUT2D eigenvalue weighted by Crippen LogP contribution is -3.10. The standard InChI is InChI=1S/C24H27NO2/c1-20-10-8-9-15-24(20)27-19-23(26)18-25(16-21-11-4-2-5-12-21)17-22-13-6-3-7-14-22/h2-15,23,26H,16-19H2,1H3/p+1/t23-/m0/s1. The first-order valence-electron chi connectivity index (χ1n) is 9.48. The molecular formula is C24H28NO2+. The van der Waals surface area contributed by atoms with Crippen LogP contribution in [-0.2, 0) is 13.1 Å². The van der Waals surface area contributed by atoms with E-state index in [2.05, 4.69) is 48.5 Å². The molecule has 3 heteroatoms. The zero-order valence-corrected chi connectivity index (χ0v) is 15.8. The molecule has 0 radical (unpaired) electrons. The normalized spacial score (nSPS) is 12.1. The summed E-state index contributed by atoms with van der Waals surface area (Å²) < 4.78 is 5.84. The predicted molar refractivity (Wildman–Crippen MR) is 109 cm³/mol. The van der Waals surface area contributed by atoms with E-state index in [9.17, 15) is 5.11 Å². The smallest absolute Gasteiger partial charge is 0.137 e. The van der Waals surface area contributed by atoms with E-state index in [0.29, 0.717) is 13.2 Å². The van der Waals surface area contributed by atoms with E-state index < -0.39 is 6.10 Å². The number of hydrogen-bond donors (Lipinski definition) is 2. The van der Waals surface area contributed by atoms with Crippen LogP contribution in [0.1, 0.15) is 16.7 Å². The van der Waals surface area contributed by atoms with Gasteiger partial charge in [0, 0.05) is 11.1 Å². The van der Waals surface area contributed by atoms with Crippen LogP contribution in [0.15, 0.2) is 84.9 Å². The minimum absolute atomic E-state index is 0.304. The molecule has 0 bridgehead atoms. The van der Waals surface area contributed by atoms with Gasteiger partial charge in [-0.15, -0.1) is 0 Å². The Balaban J connectivity index is 1.62. The maximum absolute atomic E-state index is 10.6. The van der Waals surface area contributed by atoms with Crippen molar-refractivity contribution in [2.45, 2.75) is 26.1 Å². The van der Waals surface area contributed by atoms with Crippen molar-refractivity contribution in [2.24, 2.45) is 0 Å². The fraction of sp³-hybridized carbons (Fsp3) is 0.250. The van der Waals surface area contributed by atoms with Crippen LogP contribution >= 0.6 is 0 Å². The number of aliphatic hydroxyl groups is 1. The van der Waals surface area contributed by atoms with E-state index in [-0.39, 0.29) is 0 Å². The van der Waals surface area contributed by atoms with Crippen LogP contribution in [0.25, 0.3) is 0 Å². The minimum Gasteiger partial charge on any atom is -0.490 e. The van der Waals surface area contributed by atoms with Gasteiger partial charge in [-0.2, -0.15) is 0 Å². The van der Waals surface area contributed by atoms with Crippen molar-refractivity contribution < 1.29 is 14.7 Å². The molecule has 0 spiro atoms. The zero-order valence-electron chi connectivity index (χ0n) is 15.8. The van der Waals surface area contributed by atoms with Gasteiger partial charge in [-0.1, -0.05) is 78.9 Å². The minimum atomic E-state index is -0.521. The lowest BCUT2D eigenvalue weighted by molar-refractivity contribution is -0.930. The Bertz CT molecular complexity index is 763. The molecule has 0 unspecified atom stereocenters. The first-order chi connectivity index (χ1) is 13.2. The first-order valence-corrected chi connectivity index (χ1v) is 9.48. The van der Waals surface area contributed by atoms with Crippen molar-refractivity contribution in [3.05, 3.63) is 102 Å². The van der Waals surface area contributed by atoms with Crippen molar-refractivity contribution >= 4 is 0 Å². The van der Waals surface area contributed by atoms with Gasteiger partial charge in [0.25, 0.3) is 0 Å². The first kappa shape index (κ1) is 19.2. The van der Waals surface area contributed by atoms with Gasteiger partial charge in [-0.3, -0.25) is 0 Å². The molecule has 0 heterocycles. The molecule has 27 heavy (non-hydrogen) atoms. The maximum Gasteiger partial charge on any atom is 0.137 e. The monoisotopic (exact) mass is 362 g/mol. The van der Waals surface area contributed by atoms with Gasteiger partial charge in [-0.25, -0.2) is 0 Å². The molecule has 1 atom stereocenters. The number of para-hydroxylation sites is 1. The topological polar surface area (TPSA) is 33.9 Å². The summed E-state index contributed by atoms with van der Waals surface area (Å²) in [6.07, 6.45) is -0.521. The molecule has 0 aliphatic carbocycles. The van der Waals surface area contributed by atoms with E-state index in [4.69, 9.17) is 4.74 Å². The number of quaternary nitrogens is 1. The fourth-order valence-corrected chi connectivity index (χ4v) is 3.27. The zero-order chi connectivity index (χ0) is 18.9. The lowest BCUT2D eigenvalue weighted by atomic mass is 10.1. The SMILES string of the molecule is Cc1ccccc1OC[C@@H](O)C[NH+](Cc1ccccc1)Cc1ccccc1. The summed E-state index contributed by atoms with van der Waals surface area (Å²) >= 11 is 0. The Hall–Kier alpha value is -2.62. The van der Waals surface area contributed by atoms with Crippen LogP contribution in [-0.4, -0.2) is 24.4 Å². The van der Waals surface area contributed by atoms with E-state index in [0.717, 1.165) is 24.4 Å². The molecule has 0 amide bonds. The van der Waals surface area contributed by atoms with Crippen molar-refractivity contribution in [3.63, 3.8) is 0 Å². The number of ether oxygens (including phenoxy) is 1. The molecule has 3 aromatic rings. The maximum atomic E-state index is 10.6. The van der Waals surface area contributed by atoms with Crippen molar-refractivity contribution in [1.29, 1.82) is 0 Å². The van der Waals surface area contributed by atoms with Crippen LogP contribution < -0.4 is 9.64 Å². The summed E-state index contributed by atoms with van der Waals surface area (Å²) in [4.78, 5) is 1.31. The van der Waals surface area contributed by atoms with Gasteiger partial charge in [-0.05, 0) is 18.6 Å². The van der Waals surface area contributed by atoms with E-state index in [1.165, 1.54) is 16.0 Å². The second-order valence-corrected chi connectivity index (χ2v) is 7.01. The summed E-state index contributed by atoms with van der Waals surface area (Å²) in [5, 5.41) is 10.6. The third-order valence-electron chi connectivity index (χ3n) is 4.64. The molecular weight excluding hydrogens is 334 g/mol. The van der Waals surface area contributed by atoms with E-state index in [1.807, 2.05) is 43.3 Å². The Morgan fingerprint density at radius 2 is 1.30 bits per heavy atom. The number of aryl methyl sites for hydroxylation is 1. The van der Waals surface area contributed by atoms with Gasteiger partial charge >= 0.3 is 0 Å². The van der Waals surface area contributed by atoms with Gasteiger partial charge in [0.2, 0.25) is 0 Å². The van der Waals surface area contributed by atoms with Gasteiger partial charge in [0.15, 0.2) is 0 Å². The number of hydrogen-bond acceptors (Lipinski definition) is 2. The highest BCUT2D eigenvalue weighted by Gasteiger charge is 2.17. The number of nitrogens with one attached hydrogen (secondary N) is 1. The average Bonchev–Trinajstić information content (AvgIpc) is 2.69. The van der Waals surface area contributed by atoms with Crippen LogP contribution in [0.3, 0.4) is 0 Å². The summed E-state index contributed by atoms with van der Waals surface area (Å²) in [5.74, 6) is 0.837. The molecule has 140 valence electrons. The second kappa shape index (κ2) is 9.91. The van der Waals surface area contributed by atoms with Crippen LogP contribution in [0.4, 0.5) is 0 Å². The van der Waals surface area contributed by atoms with E-state index in [1.54, 1.807) is 0 Å². The van der Waals surface area contributed by atoms with Crippen LogP contribution in [0.5, 0.6) is 5.75 Å². The predicted octanol–water partition coefficient (Wildman–Crippen LogP) is 3.02. The van der Waals surface area contributed by atoms with Gasteiger partial charge in [0.05, 0.1) is 0 Å². The summed E-state index contributed by atoms with van der Waals surface area (Å²) in [7, 11) is 0. The second-order valence-electron chi connectivity index (χ2n) is 7.01. The third kappa shape index (κ3) is 6.24. The lowest BCUT2D eigenvalue weighted by Gasteiger charge is -2.23. The highest BCUT2D eigenvalue weighted by molar-refractivity contribution is 5.31. The van der Waals surface area contributed by atoms with Crippen LogP contribution in [0, 0.1) is 6.92 Å². The fourth-order valence-electron chi connectivity index (χ4n) is 3.27. The van der Waals surface area contributed by atoms with Crippen molar-refractivity contribution in [3.8, 4) is 5.75 Å². The highest BCUT2D eigenvalue weighted by atomic mass is 16.5. The summed E-state index contributed by atoms with van der Waals surface area (Å²) in [6, 6.07) is 28.8. The molecule has 0 aliphatic heterocycles. The Morgan fingerprint density at radius 3 is 1.85 bits per heavy atom. The molecule has 3 aromatic carbocycles. The molecule has 0 saturated carbocycles. The molecule has 0 aromatic heterocycles. The Labute approximate surface area is 161 Å². The quantitative estimate of drug-likeness (QED) is 0.614. The largest absolute Gasteiger partial charge is 0.490 e. The molecule has 3 nitrogen and oxygen atoms in total. The van der Waals surface area contributed by atoms with Gasteiger partial charge in [0.1, 0.15) is 38.1 Å². The number of benzene rings is 3. The molecule has 0 fully saturated rings. The van der Waals surface area contributed by atoms with E-state index >= 15 is 0 Å². The molecule has 2 N–H and O–H groups in total. The molecule has 0 aliphatic rings.